The van der Waals surface area contributed by atoms with Crippen LogP contribution in [0.5, 0.6) is 0 Å². The van der Waals surface area contributed by atoms with Crippen LogP contribution in [0.2, 0.25) is 0 Å². The lowest BCUT2D eigenvalue weighted by atomic mass is 9.89. The molecule has 0 aromatic carbocycles. The molecule has 102 valence electrons. The Hall–Kier alpha value is -0.130. The molecule has 0 saturated heterocycles. The Morgan fingerprint density at radius 3 is 2.47 bits per heavy atom. The van der Waals surface area contributed by atoms with Crippen molar-refractivity contribution in [2.45, 2.75) is 46.0 Å². The molecule has 0 bridgehead atoms. The van der Waals surface area contributed by atoms with Crippen molar-refractivity contribution in [1.29, 1.82) is 0 Å². The molecular formula is C12H26N2O2S. The summed E-state index contributed by atoms with van der Waals surface area (Å²) in [5, 5.41) is 3.13. The van der Waals surface area contributed by atoms with Crippen LogP contribution in [0.4, 0.5) is 0 Å². The van der Waals surface area contributed by atoms with Crippen LogP contribution in [0, 0.1) is 5.41 Å². The zero-order valence-electron chi connectivity index (χ0n) is 11.1. The lowest BCUT2D eigenvalue weighted by Crippen LogP contribution is -2.36. The molecule has 0 radical (unpaired) electrons. The van der Waals surface area contributed by atoms with E-state index in [4.69, 9.17) is 0 Å². The van der Waals surface area contributed by atoms with Gasteiger partial charge >= 0.3 is 0 Å². The van der Waals surface area contributed by atoms with Crippen molar-refractivity contribution in [3.63, 3.8) is 0 Å². The fourth-order valence-electron chi connectivity index (χ4n) is 2.33. The van der Waals surface area contributed by atoms with Gasteiger partial charge in [0.25, 0.3) is 0 Å². The normalized spacial score (nSPS) is 19.6. The second kappa shape index (κ2) is 6.71. The third kappa shape index (κ3) is 5.84. The Morgan fingerprint density at radius 2 is 1.88 bits per heavy atom. The summed E-state index contributed by atoms with van der Waals surface area (Å²) in [5.74, 6) is 0.232. The molecule has 0 spiro atoms. The lowest BCUT2D eigenvalue weighted by molar-refractivity contribution is 0.336. The average Bonchev–Trinajstić information content (AvgIpc) is 2.70. The van der Waals surface area contributed by atoms with E-state index in [1.54, 1.807) is 0 Å². The van der Waals surface area contributed by atoms with Gasteiger partial charge in [0, 0.05) is 6.54 Å². The third-order valence-corrected chi connectivity index (χ3v) is 4.96. The predicted octanol–water partition coefficient (Wildman–Crippen LogP) is 1.49. The Labute approximate surface area is 106 Å². The number of hydrogen-bond acceptors (Lipinski definition) is 3. The average molecular weight is 262 g/mol. The summed E-state index contributed by atoms with van der Waals surface area (Å²) in [4.78, 5) is 0. The van der Waals surface area contributed by atoms with Crippen LogP contribution in [0.15, 0.2) is 0 Å². The highest BCUT2D eigenvalue weighted by Gasteiger charge is 2.29. The topological polar surface area (TPSA) is 58.2 Å². The molecular weight excluding hydrogens is 236 g/mol. The van der Waals surface area contributed by atoms with Gasteiger partial charge in [-0.25, -0.2) is 13.1 Å². The van der Waals surface area contributed by atoms with E-state index in [0.717, 1.165) is 25.9 Å². The fourth-order valence-corrected chi connectivity index (χ4v) is 3.56. The first kappa shape index (κ1) is 14.9. The quantitative estimate of drug-likeness (QED) is 0.652. The van der Waals surface area contributed by atoms with Crippen LogP contribution in [0.1, 0.15) is 46.0 Å². The first-order valence-corrected chi connectivity index (χ1v) is 8.31. The van der Waals surface area contributed by atoms with Gasteiger partial charge in [0.2, 0.25) is 10.0 Å². The van der Waals surface area contributed by atoms with E-state index in [1.807, 2.05) is 6.92 Å². The van der Waals surface area contributed by atoms with Crippen molar-refractivity contribution in [2.75, 3.05) is 25.4 Å². The number of hydrogen-bond donors (Lipinski definition) is 2. The molecule has 0 aliphatic heterocycles. The van der Waals surface area contributed by atoms with E-state index < -0.39 is 10.0 Å². The molecule has 0 aromatic heterocycles. The highest BCUT2D eigenvalue weighted by Crippen LogP contribution is 2.36. The molecule has 1 aliphatic rings. The van der Waals surface area contributed by atoms with E-state index >= 15 is 0 Å². The maximum atomic E-state index is 11.8. The molecule has 0 amide bonds. The lowest BCUT2D eigenvalue weighted by Gasteiger charge is -2.23. The Balaban J connectivity index is 2.24. The first-order chi connectivity index (χ1) is 7.97. The second-order valence-electron chi connectivity index (χ2n) is 5.36. The molecule has 1 rings (SSSR count). The maximum absolute atomic E-state index is 11.8. The molecule has 0 unspecified atom stereocenters. The summed E-state index contributed by atoms with van der Waals surface area (Å²) in [5.41, 5.74) is 0.189. The summed E-state index contributed by atoms with van der Waals surface area (Å²) in [6.07, 6.45) is 5.44. The van der Waals surface area contributed by atoms with E-state index in [0.29, 0.717) is 13.0 Å². The minimum Gasteiger partial charge on any atom is -0.317 e. The van der Waals surface area contributed by atoms with Gasteiger partial charge < -0.3 is 5.32 Å². The smallest absolute Gasteiger partial charge is 0.211 e. The monoisotopic (exact) mass is 262 g/mol. The van der Waals surface area contributed by atoms with Gasteiger partial charge in [0.15, 0.2) is 0 Å². The molecule has 2 N–H and O–H groups in total. The van der Waals surface area contributed by atoms with E-state index in [9.17, 15) is 8.42 Å². The van der Waals surface area contributed by atoms with Crippen LogP contribution in [-0.4, -0.2) is 33.8 Å². The Morgan fingerprint density at radius 1 is 1.24 bits per heavy atom. The van der Waals surface area contributed by atoms with Gasteiger partial charge in [-0.1, -0.05) is 26.7 Å². The maximum Gasteiger partial charge on any atom is 0.211 e. The number of nitrogens with one attached hydrogen (secondary N) is 2. The molecule has 0 atom stereocenters. The van der Waals surface area contributed by atoms with Gasteiger partial charge in [-0.05, 0) is 37.8 Å². The molecule has 0 heterocycles. The molecule has 5 heteroatoms. The summed E-state index contributed by atoms with van der Waals surface area (Å²) < 4.78 is 26.3. The standard InChI is InChI=1S/C12H26N2O2S/c1-3-13-9-6-10-17(15,16)14-11-12(2)7-4-5-8-12/h13-14H,3-11H2,1-2H3. The molecule has 17 heavy (non-hydrogen) atoms. The number of rotatable bonds is 8. The molecule has 1 saturated carbocycles. The zero-order chi connectivity index (χ0) is 12.8. The van der Waals surface area contributed by atoms with Crippen molar-refractivity contribution >= 4 is 10.0 Å². The van der Waals surface area contributed by atoms with Crippen molar-refractivity contribution in [1.82, 2.24) is 10.0 Å². The van der Waals surface area contributed by atoms with Crippen LogP contribution in [-0.2, 0) is 10.0 Å². The molecule has 1 aliphatic carbocycles. The van der Waals surface area contributed by atoms with Crippen LogP contribution < -0.4 is 10.0 Å². The number of sulfonamides is 1. The summed E-state index contributed by atoms with van der Waals surface area (Å²) >= 11 is 0. The van der Waals surface area contributed by atoms with E-state index in [-0.39, 0.29) is 11.2 Å². The fraction of sp³-hybridized carbons (Fsp3) is 1.00. The third-order valence-electron chi connectivity index (χ3n) is 3.55. The van der Waals surface area contributed by atoms with Gasteiger partial charge in [-0.2, -0.15) is 0 Å². The Kier molecular flexibility index (Phi) is 5.89. The van der Waals surface area contributed by atoms with Gasteiger partial charge in [-0.15, -0.1) is 0 Å². The highest BCUT2D eigenvalue weighted by atomic mass is 32.2. The van der Waals surface area contributed by atoms with Crippen LogP contribution in [0.25, 0.3) is 0 Å². The van der Waals surface area contributed by atoms with Gasteiger partial charge in [-0.3, -0.25) is 0 Å². The van der Waals surface area contributed by atoms with Crippen LogP contribution >= 0.6 is 0 Å². The SMILES string of the molecule is CCNCCCS(=O)(=O)NCC1(C)CCCC1. The minimum absolute atomic E-state index is 0.189. The summed E-state index contributed by atoms with van der Waals surface area (Å²) in [7, 11) is -3.08. The van der Waals surface area contributed by atoms with Crippen molar-refractivity contribution in [3.8, 4) is 0 Å². The first-order valence-electron chi connectivity index (χ1n) is 6.65. The van der Waals surface area contributed by atoms with Gasteiger partial charge in [0.1, 0.15) is 0 Å². The van der Waals surface area contributed by atoms with Gasteiger partial charge in [0.05, 0.1) is 5.75 Å². The predicted molar refractivity (Wildman–Crippen MR) is 71.5 cm³/mol. The van der Waals surface area contributed by atoms with Crippen molar-refractivity contribution < 1.29 is 8.42 Å². The molecule has 1 fully saturated rings. The second-order valence-corrected chi connectivity index (χ2v) is 7.29. The minimum atomic E-state index is -3.08. The zero-order valence-corrected chi connectivity index (χ0v) is 11.9. The largest absolute Gasteiger partial charge is 0.317 e. The highest BCUT2D eigenvalue weighted by molar-refractivity contribution is 7.89. The Bertz CT molecular complexity index is 308. The van der Waals surface area contributed by atoms with Crippen molar-refractivity contribution in [2.24, 2.45) is 5.41 Å². The van der Waals surface area contributed by atoms with Crippen molar-refractivity contribution in [3.05, 3.63) is 0 Å². The van der Waals surface area contributed by atoms with E-state index in [1.165, 1.54) is 12.8 Å². The van der Waals surface area contributed by atoms with Crippen LogP contribution in [0.3, 0.4) is 0 Å². The molecule has 0 aromatic rings. The summed E-state index contributed by atoms with van der Waals surface area (Å²) in [6.45, 7) is 6.48. The molecule has 4 nitrogen and oxygen atoms in total. The summed E-state index contributed by atoms with van der Waals surface area (Å²) in [6, 6.07) is 0. The van der Waals surface area contributed by atoms with E-state index in [2.05, 4.69) is 17.0 Å².